The highest BCUT2D eigenvalue weighted by atomic mass is 32.1. The van der Waals surface area contributed by atoms with Gasteiger partial charge in [0, 0.05) is 40.8 Å². The van der Waals surface area contributed by atoms with Crippen molar-refractivity contribution in [1.29, 1.82) is 0 Å². The van der Waals surface area contributed by atoms with Gasteiger partial charge in [0.25, 0.3) is 0 Å². The van der Waals surface area contributed by atoms with Crippen LogP contribution in [0, 0.1) is 0 Å². The van der Waals surface area contributed by atoms with Crippen LogP contribution in [0.1, 0.15) is 48.5 Å². The summed E-state index contributed by atoms with van der Waals surface area (Å²) < 4.78 is 5.47. The molecule has 0 unspecified atom stereocenters. The number of hydrogen-bond donors (Lipinski definition) is 2. The number of ether oxygens (including phenoxy) is 1. The molecule has 0 radical (unpaired) electrons. The number of nitrogens with one attached hydrogen (secondary N) is 1. The molecule has 2 aromatic rings. The third kappa shape index (κ3) is 3.37. The van der Waals surface area contributed by atoms with E-state index in [4.69, 9.17) is 4.74 Å². The van der Waals surface area contributed by atoms with Gasteiger partial charge in [0.15, 0.2) is 17.3 Å². The van der Waals surface area contributed by atoms with Crippen molar-refractivity contribution in [3.8, 4) is 11.5 Å². The van der Waals surface area contributed by atoms with Gasteiger partial charge in [0.2, 0.25) is 5.91 Å². The zero-order valence-corrected chi connectivity index (χ0v) is 15.8. The zero-order valence-electron chi connectivity index (χ0n) is 15.0. The van der Waals surface area contributed by atoms with Crippen molar-refractivity contribution < 1.29 is 19.4 Å². The van der Waals surface area contributed by atoms with Crippen LogP contribution in [0.4, 0.5) is 0 Å². The Bertz CT molecular complexity index is 916. The van der Waals surface area contributed by atoms with E-state index < -0.39 is 0 Å². The third-order valence-corrected chi connectivity index (χ3v) is 6.20. The largest absolute Gasteiger partial charge is 0.504 e. The summed E-state index contributed by atoms with van der Waals surface area (Å²) in [6, 6.07) is 9.11. The maximum atomic E-state index is 13.0. The first-order valence-corrected chi connectivity index (χ1v) is 10.00. The number of rotatable bonds is 4. The lowest BCUT2D eigenvalue weighted by Crippen LogP contribution is -2.38. The van der Waals surface area contributed by atoms with Gasteiger partial charge in [0.05, 0.1) is 6.61 Å². The summed E-state index contributed by atoms with van der Waals surface area (Å²) in [6.45, 7) is 2.27. The molecule has 0 spiro atoms. The molecule has 0 fully saturated rings. The first kappa shape index (κ1) is 17.8. The number of aromatic hydroxyl groups is 1. The number of hydrogen-bond acceptors (Lipinski definition) is 5. The normalized spacial score (nSPS) is 22.4. The summed E-state index contributed by atoms with van der Waals surface area (Å²) >= 11 is 1.65. The Labute approximate surface area is 161 Å². The van der Waals surface area contributed by atoms with Crippen molar-refractivity contribution in [2.45, 2.75) is 38.0 Å². The Morgan fingerprint density at radius 1 is 1.22 bits per heavy atom. The minimum absolute atomic E-state index is 0.0581. The van der Waals surface area contributed by atoms with Gasteiger partial charge in [-0.25, -0.2) is 0 Å². The summed E-state index contributed by atoms with van der Waals surface area (Å²) in [5, 5.41) is 14.9. The minimum Gasteiger partial charge on any atom is -0.504 e. The molecule has 0 saturated carbocycles. The molecular formula is C21H21NO4S. The number of amides is 1. The van der Waals surface area contributed by atoms with Crippen molar-refractivity contribution in [1.82, 2.24) is 5.32 Å². The Morgan fingerprint density at radius 2 is 2.07 bits per heavy atom. The Hall–Kier alpha value is -2.60. The molecule has 27 heavy (non-hydrogen) atoms. The van der Waals surface area contributed by atoms with E-state index in [1.165, 1.54) is 4.88 Å². The Kier molecular flexibility index (Phi) is 4.74. The molecule has 0 saturated heterocycles. The van der Waals surface area contributed by atoms with Crippen LogP contribution in [0.3, 0.4) is 0 Å². The number of benzene rings is 1. The topological polar surface area (TPSA) is 75.6 Å². The highest BCUT2D eigenvalue weighted by molar-refractivity contribution is 7.10. The molecule has 1 aromatic heterocycles. The number of phenolic OH excluding ortho intramolecular Hbond substituents is 1. The maximum Gasteiger partial charge on any atom is 0.225 e. The SMILES string of the molecule is CCOc1cc([C@@H]2CC(=O)NC3=C2C(=O)C[C@@H](c2cccs2)C3)ccc1O. The van der Waals surface area contributed by atoms with E-state index in [1.807, 2.05) is 24.4 Å². The summed E-state index contributed by atoms with van der Waals surface area (Å²) in [5.74, 6) is 0.264. The highest BCUT2D eigenvalue weighted by Crippen LogP contribution is 2.44. The predicted molar refractivity (Wildman–Crippen MR) is 103 cm³/mol. The van der Waals surface area contributed by atoms with Crippen molar-refractivity contribution in [3.05, 3.63) is 57.4 Å². The molecule has 5 nitrogen and oxygen atoms in total. The minimum atomic E-state index is -0.301. The predicted octanol–water partition coefficient (Wildman–Crippen LogP) is 3.86. The molecule has 0 bridgehead atoms. The van der Waals surface area contributed by atoms with E-state index in [-0.39, 0.29) is 35.7 Å². The number of Topliss-reactive ketones (excluding diaryl/α,β-unsaturated/α-hetero) is 1. The Morgan fingerprint density at radius 3 is 2.81 bits per heavy atom. The van der Waals surface area contributed by atoms with E-state index in [9.17, 15) is 14.7 Å². The first-order valence-electron chi connectivity index (χ1n) is 9.12. The average Bonchev–Trinajstić information content (AvgIpc) is 3.17. The van der Waals surface area contributed by atoms with Gasteiger partial charge >= 0.3 is 0 Å². The summed E-state index contributed by atoms with van der Waals surface area (Å²) in [4.78, 5) is 26.5. The molecule has 1 amide bonds. The lowest BCUT2D eigenvalue weighted by atomic mass is 9.74. The second-order valence-electron chi connectivity index (χ2n) is 6.90. The van der Waals surface area contributed by atoms with E-state index in [0.29, 0.717) is 30.8 Å². The monoisotopic (exact) mass is 383 g/mol. The van der Waals surface area contributed by atoms with E-state index in [0.717, 1.165) is 11.3 Å². The smallest absolute Gasteiger partial charge is 0.225 e. The summed E-state index contributed by atoms with van der Waals surface area (Å²) in [5.41, 5.74) is 2.27. The zero-order chi connectivity index (χ0) is 19.0. The molecule has 2 aliphatic rings. The molecule has 2 atom stereocenters. The lowest BCUT2D eigenvalue weighted by Gasteiger charge is -2.34. The van der Waals surface area contributed by atoms with Crippen molar-refractivity contribution in [2.24, 2.45) is 0 Å². The number of carbonyl (C=O) groups is 2. The molecule has 2 heterocycles. The third-order valence-electron chi connectivity index (χ3n) is 5.17. The van der Waals surface area contributed by atoms with Gasteiger partial charge in [-0.05, 0) is 42.5 Å². The van der Waals surface area contributed by atoms with Crippen LogP contribution >= 0.6 is 11.3 Å². The lowest BCUT2D eigenvalue weighted by molar-refractivity contribution is -0.122. The van der Waals surface area contributed by atoms with E-state index in [1.54, 1.807) is 29.5 Å². The highest BCUT2D eigenvalue weighted by Gasteiger charge is 2.38. The van der Waals surface area contributed by atoms with Crippen LogP contribution < -0.4 is 10.1 Å². The van der Waals surface area contributed by atoms with Crippen molar-refractivity contribution in [3.63, 3.8) is 0 Å². The van der Waals surface area contributed by atoms with Crippen LogP contribution in [0.25, 0.3) is 0 Å². The van der Waals surface area contributed by atoms with Gasteiger partial charge < -0.3 is 15.2 Å². The standard InChI is InChI=1S/C21H21NO4S/c1-2-26-18-10-12(5-6-16(18)23)14-11-20(25)22-15-8-13(9-17(24)21(14)15)19-4-3-7-27-19/h3-7,10,13-14,23H,2,8-9,11H2,1H3,(H,22,25)/t13-,14-/m0/s1. The van der Waals surface area contributed by atoms with Gasteiger partial charge in [-0.2, -0.15) is 0 Å². The fourth-order valence-corrected chi connectivity index (χ4v) is 4.82. The Balaban J connectivity index is 1.72. The first-order chi connectivity index (χ1) is 13.1. The van der Waals surface area contributed by atoms with Gasteiger partial charge in [0.1, 0.15) is 0 Å². The van der Waals surface area contributed by atoms with Gasteiger partial charge in [-0.15, -0.1) is 11.3 Å². The van der Waals surface area contributed by atoms with Crippen LogP contribution in [0.2, 0.25) is 0 Å². The summed E-state index contributed by atoms with van der Waals surface area (Å²) in [6.07, 6.45) is 1.35. The molecule has 2 N–H and O–H groups in total. The maximum absolute atomic E-state index is 13.0. The average molecular weight is 383 g/mol. The molecule has 1 aliphatic carbocycles. The van der Waals surface area contributed by atoms with Crippen molar-refractivity contribution >= 4 is 23.0 Å². The van der Waals surface area contributed by atoms with E-state index in [2.05, 4.69) is 5.32 Å². The number of thiophene rings is 1. The molecule has 140 valence electrons. The molecule has 6 heteroatoms. The molecule has 1 aromatic carbocycles. The van der Waals surface area contributed by atoms with Crippen molar-refractivity contribution in [2.75, 3.05) is 6.61 Å². The molecule has 4 rings (SSSR count). The second-order valence-corrected chi connectivity index (χ2v) is 7.88. The number of allylic oxidation sites excluding steroid dienone is 2. The van der Waals surface area contributed by atoms with Gasteiger partial charge in [-0.1, -0.05) is 12.1 Å². The fourth-order valence-electron chi connectivity index (χ4n) is 3.99. The van der Waals surface area contributed by atoms with Crippen LogP contribution in [-0.2, 0) is 9.59 Å². The van der Waals surface area contributed by atoms with E-state index >= 15 is 0 Å². The van der Waals surface area contributed by atoms with Gasteiger partial charge in [-0.3, -0.25) is 9.59 Å². The number of carbonyl (C=O) groups excluding carboxylic acids is 2. The van der Waals surface area contributed by atoms with Crippen LogP contribution in [0.5, 0.6) is 11.5 Å². The van der Waals surface area contributed by atoms with Crippen LogP contribution in [0.15, 0.2) is 47.0 Å². The molecule has 1 aliphatic heterocycles. The second kappa shape index (κ2) is 7.19. The fraction of sp³-hybridized carbons (Fsp3) is 0.333. The molecular weight excluding hydrogens is 362 g/mol. The number of phenols is 1. The number of ketones is 1. The van der Waals surface area contributed by atoms with Crippen LogP contribution in [-0.4, -0.2) is 23.4 Å². The quantitative estimate of drug-likeness (QED) is 0.841. The summed E-state index contributed by atoms with van der Waals surface area (Å²) in [7, 11) is 0.